The van der Waals surface area contributed by atoms with Gasteiger partial charge in [0.05, 0.1) is 0 Å². The van der Waals surface area contributed by atoms with Gasteiger partial charge in [-0.15, -0.1) is 0 Å². The number of nitriles is 1. The largest absolute Gasteiger partial charge is 0.331 e. The summed E-state index contributed by atoms with van der Waals surface area (Å²) in [5, 5.41) is 9.17. The summed E-state index contributed by atoms with van der Waals surface area (Å²) in [6.07, 6.45) is 9.01. The van der Waals surface area contributed by atoms with Crippen LogP contribution >= 0.6 is 0 Å². The maximum atomic E-state index is 12.7. The lowest BCUT2D eigenvalue weighted by Crippen LogP contribution is -2.45. The summed E-state index contributed by atoms with van der Waals surface area (Å²) in [4.78, 5) is 39.4. The maximum absolute atomic E-state index is 12.7. The van der Waals surface area contributed by atoms with E-state index in [0.29, 0.717) is 6.54 Å². The summed E-state index contributed by atoms with van der Waals surface area (Å²) >= 11 is 0. The third-order valence-electron chi connectivity index (χ3n) is 4.78. The number of carbonyl (C=O) groups excluding carboxylic acids is 1. The highest BCUT2D eigenvalue weighted by molar-refractivity contribution is 5.77. The number of hydrogen-bond acceptors (Lipinski definition) is 4. The van der Waals surface area contributed by atoms with E-state index in [1.54, 1.807) is 4.90 Å². The Morgan fingerprint density at radius 3 is 2.68 bits per heavy atom. The van der Waals surface area contributed by atoms with Crippen LogP contribution in [0.2, 0.25) is 0 Å². The van der Waals surface area contributed by atoms with E-state index in [9.17, 15) is 19.6 Å². The van der Waals surface area contributed by atoms with E-state index in [1.165, 1.54) is 10.8 Å². The van der Waals surface area contributed by atoms with Crippen molar-refractivity contribution in [1.82, 2.24) is 14.0 Å². The standard InChI is InChI=1S/C18H22N4O3/c1-2-20(14-6-4-3-5-7-14)16(23)12-22-17(24)13(10-19)11-21(18(22)25)15-8-9-15/h6,11,15H,2-5,7-9,12H2,1H3. The predicted octanol–water partition coefficient (Wildman–Crippen LogP) is 1.52. The van der Waals surface area contributed by atoms with Crippen molar-refractivity contribution >= 4 is 5.91 Å². The fraction of sp³-hybridized carbons (Fsp3) is 0.556. The average molecular weight is 342 g/mol. The molecule has 3 rings (SSSR count). The SMILES string of the molecule is CCN(C(=O)Cn1c(=O)c(C#N)cn(C2CC2)c1=O)C1=CCCCC1. The molecule has 1 amide bonds. The fourth-order valence-corrected chi connectivity index (χ4v) is 3.28. The average Bonchev–Trinajstić information content (AvgIpc) is 3.45. The molecule has 2 aliphatic rings. The van der Waals surface area contributed by atoms with Crippen molar-refractivity contribution in [3.05, 3.63) is 44.4 Å². The van der Waals surface area contributed by atoms with Crippen LogP contribution in [0, 0.1) is 11.3 Å². The normalized spacial score (nSPS) is 16.9. The van der Waals surface area contributed by atoms with Crippen molar-refractivity contribution in [2.45, 2.75) is 58.0 Å². The van der Waals surface area contributed by atoms with E-state index in [0.717, 1.165) is 48.8 Å². The molecule has 0 aromatic carbocycles. The van der Waals surface area contributed by atoms with E-state index < -0.39 is 11.2 Å². The first-order valence-corrected chi connectivity index (χ1v) is 8.82. The van der Waals surface area contributed by atoms with Gasteiger partial charge < -0.3 is 4.90 Å². The van der Waals surface area contributed by atoms with Crippen LogP contribution in [0.3, 0.4) is 0 Å². The zero-order valence-electron chi connectivity index (χ0n) is 14.4. The van der Waals surface area contributed by atoms with Gasteiger partial charge in [0.15, 0.2) is 0 Å². The second kappa shape index (κ2) is 7.09. The predicted molar refractivity (Wildman–Crippen MR) is 91.9 cm³/mol. The van der Waals surface area contributed by atoms with Gasteiger partial charge in [0.25, 0.3) is 5.56 Å². The Hall–Kier alpha value is -2.62. The molecule has 7 heteroatoms. The minimum absolute atomic E-state index is 0.0323. The lowest BCUT2D eigenvalue weighted by Gasteiger charge is -2.26. The number of carbonyl (C=O) groups is 1. The maximum Gasteiger partial charge on any atom is 0.331 e. The van der Waals surface area contributed by atoms with E-state index in [4.69, 9.17) is 0 Å². The minimum Gasteiger partial charge on any atom is -0.315 e. The number of likely N-dealkylation sites (N-methyl/N-ethyl adjacent to an activating group) is 1. The lowest BCUT2D eigenvalue weighted by atomic mass is 10.0. The molecule has 0 aliphatic heterocycles. The minimum atomic E-state index is -0.688. The molecule has 0 unspecified atom stereocenters. The van der Waals surface area contributed by atoms with Crippen molar-refractivity contribution in [3.63, 3.8) is 0 Å². The van der Waals surface area contributed by atoms with E-state index >= 15 is 0 Å². The van der Waals surface area contributed by atoms with Crippen LogP contribution < -0.4 is 11.2 Å². The molecule has 1 fully saturated rings. The Labute approximate surface area is 145 Å². The number of hydrogen-bond donors (Lipinski definition) is 0. The van der Waals surface area contributed by atoms with Crippen LogP contribution in [0.5, 0.6) is 0 Å². The monoisotopic (exact) mass is 342 g/mol. The highest BCUT2D eigenvalue weighted by Gasteiger charge is 2.28. The molecule has 0 spiro atoms. The van der Waals surface area contributed by atoms with Gasteiger partial charge in [-0.1, -0.05) is 6.08 Å². The molecular weight excluding hydrogens is 320 g/mol. The smallest absolute Gasteiger partial charge is 0.315 e. The van der Waals surface area contributed by atoms with Gasteiger partial charge in [0, 0.05) is 24.5 Å². The van der Waals surface area contributed by atoms with Crippen molar-refractivity contribution in [1.29, 1.82) is 5.26 Å². The Morgan fingerprint density at radius 1 is 1.36 bits per heavy atom. The zero-order valence-corrected chi connectivity index (χ0v) is 14.4. The first-order valence-electron chi connectivity index (χ1n) is 8.82. The molecule has 1 aromatic heterocycles. The van der Waals surface area contributed by atoms with Crippen molar-refractivity contribution < 1.29 is 4.79 Å². The quantitative estimate of drug-likeness (QED) is 0.811. The Balaban J connectivity index is 1.94. The summed E-state index contributed by atoms with van der Waals surface area (Å²) in [6.45, 7) is 2.05. The summed E-state index contributed by atoms with van der Waals surface area (Å²) in [5.74, 6) is -0.285. The molecule has 2 aliphatic carbocycles. The molecule has 25 heavy (non-hydrogen) atoms. The Morgan fingerprint density at radius 2 is 2.12 bits per heavy atom. The zero-order chi connectivity index (χ0) is 18.0. The third-order valence-corrected chi connectivity index (χ3v) is 4.78. The summed E-state index contributed by atoms with van der Waals surface area (Å²) in [5.41, 5.74) is -0.329. The van der Waals surface area contributed by atoms with E-state index in [2.05, 4.69) is 6.08 Å². The molecule has 0 N–H and O–H groups in total. The van der Waals surface area contributed by atoms with Gasteiger partial charge in [-0.25, -0.2) is 9.36 Å². The highest BCUT2D eigenvalue weighted by atomic mass is 16.2. The Kier molecular flexibility index (Phi) is 4.88. The molecule has 0 radical (unpaired) electrons. The van der Waals surface area contributed by atoms with Crippen LogP contribution in [-0.2, 0) is 11.3 Å². The third kappa shape index (κ3) is 3.43. The molecule has 0 bridgehead atoms. The second-order valence-electron chi connectivity index (χ2n) is 6.55. The lowest BCUT2D eigenvalue weighted by molar-refractivity contribution is -0.130. The van der Waals surface area contributed by atoms with Crippen LogP contribution in [0.25, 0.3) is 0 Å². The number of allylic oxidation sites excluding steroid dienone is 2. The molecule has 0 saturated heterocycles. The second-order valence-corrected chi connectivity index (χ2v) is 6.55. The van der Waals surface area contributed by atoms with Gasteiger partial charge in [0.2, 0.25) is 5.91 Å². The van der Waals surface area contributed by atoms with Gasteiger partial charge >= 0.3 is 5.69 Å². The molecule has 1 aromatic rings. The van der Waals surface area contributed by atoms with Gasteiger partial charge in [-0.2, -0.15) is 5.26 Å². The van der Waals surface area contributed by atoms with Crippen LogP contribution in [0.4, 0.5) is 0 Å². The number of amides is 1. The number of nitrogens with zero attached hydrogens (tertiary/aromatic N) is 4. The van der Waals surface area contributed by atoms with Gasteiger partial charge in [0.1, 0.15) is 18.2 Å². The molecular formula is C18H22N4O3. The highest BCUT2D eigenvalue weighted by Crippen LogP contribution is 2.33. The van der Waals surface area contributed by atoms with Crippen molar-refractivity contribution in [3.8, 4) is 6.07 Å². The van der Waals surface area contributed by atoms with Crippen LogP contribution in [0.1, 0.15) is 57.1 Å². The molecule has 1 saturated carbocycles. The Bertz CT molecular complexity index is 868. The molecule has 1 heterocycles. The summed E-state index contributed by atoms with van der Waals surface area (Å²) < 4.78 is 2.33. The van der Waals surface area contributed by atoms with Crippen molar-refractivity contribution in [2.24, 2.45) is 0 Å². The fourth-order valence-electron chi connectivity index (χ4n) is 3.28. The van der Waals surface area contributed by atoms with Gasteiger partial charge in [-0.3, -0.25) is 14.2 Å². The molecule has 0 atom stereocenters. The summed E-state index contributed by atoms with van der Waals surface area (Å²) in [7, 11) is 0. The molecule has 132 valence electrons. The van der Waals surface area contributed by atoms with Crippen LogP contribution in [-0.4, -0.2) is 26.5 Å². The van der Waals surface area contributed by atoms with Crippen molar-refractivity contribution in [2.75, 3.05) is 6.54 Å². The first-order chi connectivity index (χ1) is 12.1. The molecule has 7 nitrogen and oxygen atoms in total. The topological polar surface area (TPSA) is 88.1 Å². The first kappa shape index (κ1) is 17.2. The summed E-state index contributed by atoms with van der Waals surface area (Å²) in [6, 6.07) is 1.87. The van der Waals surface area contributed by atoms with Crippen LogP contribution in [0.15, 0.2) is 27.6 Å². The van der Waals surface area contributed by atoms with E-state index in [-0.39, 0.29) is 24.1 Å². The number of rotatable bonds is 5. The van der Waals surface area contributed by atoms with Gasteiger partial charge in [-0.05, 0) is 45.4 Å². The van der Waals surface area contributed by atoms with E-state index in [1.807, 2.05) is 13.0 Å². The number of aromatic nitrogens is 2.